The molecule has 1 amide bonds. The van der Waals surface area contributed by atoms with Gasteiger partial charge in [0.1, 0.15) is 10.6 Å². The minimum absolute atomic E-state index is 0.0745. The maximum absolute atomic E-state index is 12.8. The second-order valence-electron chi connectivity index (χ2n) is 8.88. The fourth-order valence-electron chi connectivity index (χ4n) is 4.16. The molecular formula is C22H32N4O4S2. The van der Waals surface area contributed by atoms with Gasteiger partial charge in [-0.1, -0.05) is 13.8 Å². The van der Waals surface area contributed by atoms with Crippen LogP contribution < -0.4 is 14.8 Å². The number of likely N-dealkylation sites (tertiary alicyclic amines) is 1. The van der Waals surface area contributed by atoms with Crippen LogP contribution in [0.15, 0.2) is 28.5 Å². The molecule has 1 aliphatic heterocycles. The molecule has 1 aromatic carbocycles. The van der Waals surface area contributed by atoms with Gasteiger partial charge in [0.25, 0.3) is 5.91 Å². The summed E-state index contributed by atoms with van der Waals surface area (Å²) in [6.45, 7) is 10.9. The molecule has 2 N–H and O–H groups in total. The Kier molecular flexibility index (Phi) is 7.92. The van der Waals surface area contributed by atoms with Gasteiger partial charge >= 0.3 is 0 Å². The Balaban J connectivity index is 1.72. The van der Waals surface area contributed by atoms with Gasteiger partial charge in [0.05, 0.1) is 12.8 Å². The summed E-state index contributed by atoms with van der Waals surface area (Å²) in [6.07, 6.45) is 1.25. The van der Waals surface area contributed by atoms with Gasteiger partial charge in [0.15, 0.2) is 5.13 Å². The summed E-state index contributed by atoms with van der Waals surface area (Å²) >= 11 is 1.36. The predicted octanol–water partition coefficient (Wildman–Crippen LogP) is 3.57. The number of ether oxygens (including phenoxy) is 1. The highest BCUT2D eigenvalue weighted by Crippen LogP contribution is 2.27. The lowest BCUT2D eigenvalue weighted by Gasteiger charge is -2.34. The molecule has 32 heavy (non-hydrogen) atoms. The molecule has 1 aliphatic rings. The van der Waals surface area contributed by atoms with E-state index < -0.39 is 15.9 Å². The summed E-state index contributed by atoms with van der Waals surface area (Å²) in [4.78, 5) is 19.7. The summed E-state index contributed by atoms with van der Waals surface area (Å²) in [5.41, 5.74) is 1.14. The maximum Gasteiger partial charge on any atom is 0.257 e. The highest BCUT2D eigenvalue weighted by Gasteiger charge is 2.24. The number of nitrogens with one attached hydrogen (secondary N) is 2. The first-order chi connectivity index (χ1) is 15.1. The topological polar surface area (TPSA) is 101 Å². The number of sulfonamides is 1. The monoisotopic (exact) mass is 480 g/mol. The van der Waals surface area contributed by atoms with Crippen molar-refractivity contribution in [3.05, 3.63) is 34.8 Å². The van der Waals surface area contributed by atoms with E-state index in [-0.39, 0.29) is 22.3 Å². The molecule has 1 saturated heterocycles. The number of methoxy groups -OCH3 is 1. The van der Waals surface area contributed by atoms with Crippen molar-refractivity contribution in [1.29, 1.82) is 0 Å². The van der Waals surface area contributed by atoms with Crippen LogP contribution in [-0.2, 0) is 16.6 Å². The molecular weight excluding hydrogens is 448 g/mol. The third kappa shape index (κ3) is 6.28. The van der Waals surface area contributed by atoms with E-state index in [0.29, 0.717) is 17.0 Å². The van der Waals surface area contributed by atoms with Gasteiger partial charge in [-0.15, -0.1) is 11.3 Å². The van der Waals surface area contributed by atoms with E-state index in [1.165, 1.54) is 43.1 Å². The lowest BCUT2D eigenvalue weighted by molar-refractivity contribution is 0.102. The second-order valence-corrected chi connectivity index (χ2v) is 11.4. The first kappa shape index (κ1) is 24.6. The molecule has 0 bridgehead atoms. The average Bonchev–Trinajstić information content (AvgIpc) is 3.12. The summed E-state index contributed by atoms with van der Waals surface area (Å²) in [5.74, 6) is 1.09. The molecule has 0 aliphatic carbocycles. The molecule has 0 unspecified atom stereocenters. The Morgan fingerprint density at radius 1 is 1.28 bits per heavy atom. The Hall–Kier alpha value is -2.01. The van der Waals surface area contributed by atoms with Crippen LogP contribution in [0.2, 0.25) is 0 Å². The number of nitrogens with zero attached hydrogens (tertiary/aromatic N) is 2. The third-order valence-corrected chi connectivity index (χ3v) is 7.69. The van der Waals surface area contributed by atoms with Crippen molar-refractivity contribution in [1.82, 2.24) is 14.6 Å². The molecule has 2 atom stereocenters. The molecule has 0 saturated carbocycles. The molecule has 0 spiro atoms. The fraction of sp³-hybridized carbons (Fsp3) is 0.545. The van der Waals surface area contributed by atoms with Crippen LogP contribution in [0, 0.1) is 11.8 Å². The van der Waals surface area contributed by atoms with Crippen LogP contribution in [0.4, 0.5) is 5.13 Å². The Morgan fingerprint density at radius 3 is 2.59 bits per heavy atom. The minimum Gasteiger partial charge on any atom is -0.495 e. The smallest absolute Gasteiger partial charge is 0.257 e. The van der Waals surface area contributed by atoms with Crippen molar-refractivity contribution < 1.29 is 17.9 Å². The number of thiazole rings is 1. The van der Waals surface area contributed by atoms with Gasteiger partial charge < -0.3 is 4.74 Å². The lowest BCUT2D eigenvalue weighted by atomic mass is 9.92. The van der Waals surface area contributed by atoms with Crippen LogP contribution in [-0.4, -0.2) is 50.5 Å². The number of piperidine rings is 1. The van der Waals surface area contributed by atoms with E-state index in [9.17, 15) is 13.2 Å². The zero-order valence-electron chi connectivity index (χ0n) is 19.2. The minimum atomic E-state index is -3.83. The molecule has 8 nitrogen and oxygen atoms in total. The first-order valence-electron chi connectivity index (χ1n) is 10.8. The van der Waals surface area contributed by atoms with Crippen molar-refractivity contribution in [3.8, 4) is 5.75 Å². The number of benzene rings is 1. The van der Waals surface area contributed by atoms with Crippen LogP contribution in [0.25, 0.3) is 0 Å². The molecule has 176 valence electrons. The van der Waals surface area contributed by atoms with E-state index in [1.54, 1.807) is 13.8 Å². The second kappa shape index (κ2) is 10.3. The van der Waals surface area contributed by atoms with Gasteiger partial charge in [0, 0.05) is 36.6 Å². The standard InChI is InChI=1S/C22H32N4O4S2/c1-14(2)25-32(28,29)20-9-17(6-7-19(20)30-5)21(27)24-22-23-18(13-31-22)12-26-10-15(3)8-16(4)11-26/h6-7,9,13-16,25H,8,10-12H2,1-5H3,(H,23,24,27)/t15-,16-/m0/s1. The number of rotatable bonds is 8. The van der Waals surface area contributed by atoms with Gasteiger partial charge in [-0.2, -0.15) is 0 Å². The zero-order chi connectivity index (χ0) is 23.5. The summed E-state index contributed by atoms with van der Waals surface area (Å²) in [5, 5.41) is 5.23. The van der Waals surface area contributed by atoms with Crippen LogP contribution in [0.1, 0.15) is 50.2 Å². The number of hydrogen-bond acceptors (Lipinski definition) is 7. The number of carbonyl (C=O) groups excluding carboxylic acids is 1. The highest BCUT2D eigenvalue weighted by atomic mass is 32.2. The molecule has 1 aromatic heterocycles. The number of carbonyl (C=O) groups is 1. The van der Waals surface area contributed by atoms with Crippen molar-refractivity contribution in [2.45, 2.75) is 51.6 Å². The summed E-state index contributed by atoms with van der Waals surface area (Å²) in [7, 11) is -2.43. The summed E-state index contributed by atoms with van der Waals surface area (Å²) < 4.78 is 33.0. The Morgan fingerprint density at radius 2 is 1.97 bits per heavy atom. The predicted molar refractivity (Wildman–Crippen MR) is 127 cm³/mol. The quantitative estimate of drug-likeness (QED) is 0.599. The first-order valence-corrected chi connectivity index (χ1v) is 13.1. The van der Waals surface area contributed by atoms with Gasteiger partial charge in [-0.05, 0) is 50.3 Å². The Labute approximate surface area is 194 Å². The summed E-state index contributed by atoms with van der Waals surface area (Å²) in [6, 6.07) is 4.05. The van der Waals surface area contributed by atoms with Crippen LogP contribution >= 0.6 is 11.3 Å². The van der Waals surface area contributed by atoms with Crippen molar-refractivity contribution >= 4 is 32.4 Å². The number of anilines is 1. The van der Waals surface area contributed by atoms with Gasteiger partial charge in [0.2, 0.25) is 10.0 Å². The zero-order valence-corrected chi connectivity index (χ0v) is 20.8. The fourth-order valence-corrected chi connectivity index (χ4v) is 6.30. The largest absolute Gasteiger partial charge is 0.495 e. The van der Waals surface area contributed by atoms with E-state index >= 15 is 0 Å². The number of amides is 1. The van der Waals surface area contributed by atoms with Crippen molar-refractivity contribution in [3.63, 3.8) is 0 Å². The van der Waals surface area contributed by atoms with Gasteiger partial charge in [-0.25, -0.2) is 18.1 Å². The lowest BCUT2D eigenvalue weighted by Crippen LogP contribution is -2.38. The van der Waals surface area contributed by atoms with E-state index in [1.807, 2.05) is 5.38 Å². The molecule has 0 radical (unpaired) electrons. The number of hydrogen-bond donors (Lipinski definition) is 2. The average molecular weight is 481 g/mol. The molecule has 2 heterocycles. The molecule has 3 rings (SSSR count). The highest BCUT2D eigenvalue weighted by molar-refractivity contribution is 7.89. The van der Waals surface area contributed by atoms with Crippen molar-refractivity contribution in [2.24, 2.45) is 11.8 Å². The number of aromatic nitrogens is 1. The molecule has 2 aromatic rings. The van der Waals surface area contributed by atoms with Crippen LogP contribution in [0.3, 0.4) is 0 Å². The normalized spacial score (nSPS) is 19.8. The van der Waals surface area contributed by atoms with Gasteiger partial charge in [-0.3, -0.25) is 15.0 Å². The SMILES string of the molecule is COc1ccc(C(=O)Nc2nc(CN3C[C@@H](C)C[C@H](C)C3)cs2)cc1S(=O)(=O)NC(C)C. The molecule has 1 fully saturated rings. The van der Waals surface area contributed by atoms with E-state index in [4.69, 9.17) is 4.74 Å². The van der Waals surface area contributed by atoms with Crippen molar-refractivity contribution in [2.75, 3.05) is 25.5 Å². The molecule has 10 heteroatoms. The third-order valence-electron chi connectivity index (χ3n) is 5.21. The van der Waals surface area contributed by atoms with Crippen LogP contribution in [0.5, 0.6) is 5.75 Å². The van der Waals surface area contributed by atoms with E-state index in [2.05, 4.69) is 33.8 Å². The Bertz CT molecular complexity index is 1040. The van der Waals surface area contributed by atoms with E-state index in [0.717, 1.165) is 25.3 Å². The maximum atomic E-state index is 12.8.